The van der Waals surface area contributed by atoms with Crippen LogP contribution < -0.4 is 9.47 Å². The number of carbonyl (C=O) groups is 2. The Morgan fingerprint density at radius 1 is 0.889 bits per heavy atom. The van der Waals surface area contributed by atoms with Crippen LogP contribution >= 0.6 is 0 Å². The van der Waals surface area contributed by atoms with Crippen molar-refractivity contribution in [2.75, 3.05) is 40.4 Å². The molecule has 1 fully saturated rings. The van der Waals surface area contributed by atoms with E-state index in [1.165, 1.54) is 14.2 Å². The van der Waals surface area contributed by atoms with Gasteiger partial charge in [-0.1, -0.05) is 6.07 Å². The lowest BCUT2D eigenvalue weighted by Crippen LogP contribution is -2.37. The predicted molar refractivity (Wildman–Crippen MR) is 100 cm³/mol. The van der Waals surface area contributed by atoms with E-state index < -0.39 is 0 Å². The van der Waals surface area contributed by atoms with Gasteiger partial charge in [0.1, 0.15) is 17.1 Å². The van der Waals surface area contributed by atoms with Crippen molar-refractivity contribution < 1.29 is 19.1 Å². The third-order valence-electron chi connectivity index (χ3n) is 4.62. The summed E-state index contributed by atoms with van der Waals surface area (Å²) >= 11 is 0. The fourth-order valence-corrected chi connectivity index (χ4v) is 3.22. The molecule has 0 atom stereocenters. The number of nitrogens with zero attached hydrogens (tertiary/aromatic N) is 3. The van der Waals surface area contributed by atoms with Crippen molar-refractivity contribution in [3.05, 3.63) is 53.9 Å². The lowest BCUT2D eigenvalue weighted by atomic mass is 10.1. The summed E-state index contributed by atoms with van der Waals surface area (Å²) in [5.41, 5.74) is 0.971. The lowest BCUT2D eigenvalue weighted by molar-refractivity contribution is 0.0714. The minimum atomic E-state index is -0.153. The minimum Gasteiger partial charge on any atom is -0.496 e. The summed E-state index contributed by atoms with van der Waals surface area (Å²) in [6.45, 7) is 2.08. The van der Waals surface area contributed by atoms with E-state index in [9.17, 15) is 9.59 Å². The second-order valence-electron chi connectivity index (χ2n) is 6.22. The molecule has 2 amide bonds. The molecule has 1 aliphatic heterocycles. The number of amides is 2. The van der Waals surface area contributed by atoms with Crippen LogP contribution in [0.5, 0.6) is 11.5 Å². The van der Waals surface area contributed by atoms with E-state index in [2.05, 4.69) is 4.98 Å². The highest BCUT2D eigenvalue weighted by atomic mass is 16.5. The van der Waals surface area contributed by atoms with Crippen LogP contribution in [0.15, 0.2) is 42.7 Å². The van der Waals surface area contributed by atoms with Crippen molar-refractivity contribution >= 4 is 11.8 Å². The number of hydrogen-bond donors (Lipinski definition) is 0. The van der Waals surface area contributed by atoms with Crippen LogP contribution in [0, 0.1) is 0 Å². The summed E-state index contributed by atoms with van der Waals surface area (Å²) in [4.78, 5) is 33.3. The molecule has 142 valence electrons. The second-order valence-corrected chi connectivity index (χ2v) is 6.22. The van der Waals surface area contributed by atoms with Gasteiger partial charge in [-0.15, -0.1) is 0 Å². The van der Waals surface area contributed by atoms with Gasteiger partial charge in [0.15, 0.2) is 0 Å². The first-order chi connectivity index (χ1) is 13.2. The van der Waals surface area contributed by atoms with Gasteiger partial charge in [-0.05, 0) is 30.7 Å². The molecule has 0 spiro atoms. The van der Waals surface area contributed by atoms with Gasteiger partial charge < -0.3 is 19.3 Å². The molecule has 0 bridgehead atoms. The summed E-state index contributed by atoms with van der Waals surface area (Å²) in [5.74, 6) is 0.742. The number of methoxy groups -OCH3 is 2. The van der Waals surface area contributed by atoms with Crippen LogP contribution in [0.4, 0.5) is 0 Å². The molecule has 7 heteroatoms. The standard InChI is InChI=1S/C20H23N3O4/c1-26-16-7-3-8-17(27-2)18(16)20(25)23-11-5-10-22(12-13-23)19(24)15-6-4-9-21-14-15/h3-4,6-9,14H,5,10-13H2,1-2H3. The Morgan fingerprint density at radius 2 is 1.52 bits per heavy atom. The monoisotopic (exact) mass is 369 g/mol. The molecule has 1 aliphatic rings. The molecular weight excluding hydrogens is 346 g/mol. The van der Waals surface area contributed by atoms with Gasteiger partial charge in [-0.3, -0.25) is 14.6 Å². The van der Waals surface area contributed by atoms with E-state index in [0.717, 1.165) is 0 Å². The van der Waals surface area contributed by atoms with Crippen molar-refractivity contribution in [1.82, 2.24) is 14.8 Å². The zero-order valence-electron chi connectivity index (χ0n) is 15.6. The molecule has 3 rings (SSSR count). The Bertz CT molecular complexity index is 788. The topological polar surface area (TPSA) is 72.0 Å². The van der Waals surface area contributed by atoms with Crippen LogP contribution in [-0.4, -0.2) is 67.0 Å². The Labute approximate surface area is 158 Å². The fourth-order valence-electron chi connectivity index (χ4n) is 3.22. The molecule has 0 saturated carbocycles. The smallest absolute Gasteiger partial charge is 0.261 e. The molecule has 1 aromatic carbocycles. The van der Waals surface area contributed by atoms with Gasteiger partial charge in [0.25, 0.3) is 11.8 Å². The van der Waals surface area contributed by atoms with Gasteiger partial charge in [0.2, 0.25) is 0 Å². The van der Waals surface area contributed by atoms with Crippen molar-refractivity contribution in [2.24, 2.45) is 0 Å². The number of aromatic nitrogens is 1. The maximum absolute atomic E-state index is 13.1. The first kappa shape index (κ1) is 18.7. The van der Waals surface area contributed by atoms with Crippen LogP contribution in [-0.2, 0) is 0 Å². The number of carbonyl (C=O) groups excluding carboxylic acids is 2. The van der Waals surface area contributed by atoms with Crippen molar-refractivity contribution in [3.63, 3.8) is 0 Å². The van der Waals surface area contributed by atoms with Gasteiger partial charge in [0, 0.05) is 38.6 Å². The molecule has 2 heterocycles. The van der Waals surface area contributed by atoms with E-state index >= 15 is 0 Å². The summed E-state index contributed by atoms with van der Waals surface area (Å²) in [7, 11) is 3.06. The molecule has 0 aliphatic carbocycles. The summed E-state index contributed by atoms with van der Waals surface area (Å²) in [6, 6.07) is 8.76. The van der Waals surface area contributed by atoms with E-state index in [4.69, 9.17) is 9.47 Å². The first-order valence-electron chi connectivity index (χ1n) is 8.85. The predicted octanol–water partition coefficient (Wildman–Crippen LogP) is 2.09. The Balaban J connectivity index is 1.75. The number of hydrogen-bond acceptors (Lipinski definition) is 5. The molecule has 27 heavy (non-hydrogen) atoms. The zero-order valence-corrected chi connectivity index (χ0v) is 15.6. The van der Waals surface area contributed by atoms with Crippen molar-refractivity contribution in [1.29, 1.82) is 0 Å². The minimum absolute atomic E-state index is 0.0627. The highest BCUT2D eigenvalue weighted by Crippen LogP contribution is 2.29. The molecule has 2 aromatic rings. The Morgan fingerprint density at radius 3 is 2.07 bits per heavy atom. The van der Waals surface area contributed by atoms with Gasteiger partial charge >= 0.3 is 0 Å². The number of benzene rings is 1. The maximum Gasteiger partial charge on any atom is 0.261 e. The normalized spacial score (nSPS) is 14.4. The largest absolute Gasteiger partial charge is 0.496 e. The van der Waals surface area contributed by atoms with Crippen LogP contribution in [0.3, 0.4) is 0 Å². The average molecular weight is 369 g/mol. The molecule has 0 radical (unpaired) electrons. The highest BCUT2D eigenvalue weighted by molar-refractivity contribution is 6.00. The van der Waals surface area contributed by atoms with Crippen molar-refractivity contribution in [2.45, 2.75) is 6.42 Å². The summed E-state index contributed by atoms with van der Waals surface area (Å²) in [6.07, 6.45) is 3.91. The molecule has 7 nitrogen and oxygen atoms in total. The average Bonchev–Trinajstić information content (AvgIpc) is 2.99. The molecular formula is C20H23N3O4. The van der Waals surface area contributed by atoms with Crippen LogP contribution in [0.25, 0.3) is 0 Å². The van der Waals surface area contributed by atoms with Crippen LogP contribution in [0.1, 0.15) is 27.1 Å². The summed E-state index contributed by atoms with van der Waals surface area (Å²) in [5, 5.41) is 0. The number of ether oxygens (including phenoxy) is 2. The SMILES string of the molecule is COc1cccc(OC)c1C(=O)N1CCCN(C(=O)c2cccnc2)CC1. The first-order valence-corrected chi connectivity index (χ1v) is 8.85. The maximum atomic E-state index is 13.1. The number of pyridine rings is 1. The van der Waals surface area contributed by atoms with E-state index in [1.807, 2.05) is 0 Å². The van der Waals surface area contributed by atoms with Crippen molar-refractivity contribution in [3.8, 4) is 11.5 Å². The van der Waals surface area contributed by atoms with Gasteiger partial charge in [0.05, 0.1) is 19.8 Å². The molecule has 0 N–H and O–H groups in total. The lowest BCUT2D eigenvalue weighted by Gasteiger charge is -2.23. The van der Waals surface area contributed by atoms with Gasteiger partial charge in [-0.2, -0.15) is 0 Å². The third kappa shape index (κ3) is 4.02. The molecule has 1 saturated heterocycles. The Hall–Kier alpha value is -3.09. The highest BCUT2D eigenvalue weighted by Gasteiger charge is 2.27. The second kappa shape index (κ2) is 8.53. The quantitative estimate of drug-likeness (QED) is 0.825. The number of rotatable bonds is 4. The van der Waals surface area contributed by atoms with E-state index in [-0.39, 0.29) is 11.8 Å². The van der Waals surface area contributed by atoms with Gasteiger partial charge in [-0.25, -0.2) is 0 Å². The van der Waals surface area contributed by atoms with Crippen LogP contribution in [0.2, 0.25) is 0 Å². The fraction of sp³-hybridized carbons (Fsp3) is 0.350. The molecule has 0 unspecified atom stereocenters. The zero-order chi connectivity index (χ0) is 19.2. The summed E-state index contributed by atoms with van der Waals surface area (Å²) < 4.78 is 10.7. The third-order valence-corrected chi connectivity index (χ3v) is 4.62. The van der Waals surface area contributed by atoms with E-state index in [0.29, 0.717) is 55.2 Å². The van der Waals surface area contributed by atoms with E-state index in [1.54, 1.807) is 52.5 Å². The Kier molecular flexibility index (Phi) is 5.90. The molecule has 1 aromatic heterocycles.